The maximum atomic E-state index is 14.3. The minimum atomic E-state index is -0.776. The molecule has 38 heavy (non-hydrogen) atoms. The fourth-order valence-corrected chi connectivity index (χ4v) is 4.96. The third-order valence-corrected chi connectivity index (χ3v) is 7.25. The van der Waals surface area contributed by atoms with Crippen molar-refractivity contribution in [3.63, 3.8) is 0 Å². The average Bonchev–Trinajstić information content (AvgIpc) is 2.96. The second-order valence-corrected chi connectivity index (χ2v) is 10.0. The topological polar surface area (TPSA) is 58.6 Å². The fraction of sp³-hybridized carbons (Fsp3) is 0.375. The Morgan fingerprint density at radius 1 is 0.921 bits per heavy atom. The van der Waals surface area contributed by atoms with E-state index in [4.69, 9.17) is 4.74 Å². The first-order valence-electron chi connectivity index (χ1n) is 13.6. The van der Waals surface area contributed by atoms with Crippen LogP contribution in [0.5, 0.6) is 0 Å². The first-order valence-corrected chi connectivity index (χ1v) is 13.6. The van der Waals surface area contributed by atoms with E-state index in [9.17, 15) is 14.0 Å². The van der Waals surface area contributed by atoms with Crippen LogP contribution in [0.2, 0.25) is 0 Å². The van der Waals surface area contributed by atoms with Crippen LogP contribution in [0.15, 0.2) is 66.7 Å². The van der Waals surface area contributed by atoms with E-state index in [1.165, 1.54) is 50.1 Å². The quantitative estimate of drug-likeness (QED) is 0.297. The number of hydrogen-bond donors (Lipinski definition) is 1. The van der Waals surface area contributed by atoms with Crippen LogP contribution in [-0.2, 0) is 17.7 Å². The third-order valence-electron chi connectivity index (χ3n) is 7.25. The van der Waals surface area contributed by atoms with Crippen molar-refractivity contribution in [1.29, 1.82) is 0 Å². The van der Waals surface area contributed by atoms with E-state index in [0.717, 1.165) is 48.8 Å². The van der Waals surface area contributed by atoms with Crippen molar-refractivity contribution < 1.29 is 18.7 Å². The molecule has 1 saturated carbocycles. The van der Waals surface area contributed by atoms with Crippen molar-refractivity contribution in [2.75, 3.05) is 12.0 Å². The minimum Gasteiger partial charge on any atom is -0.465 e. The molecule has 0 aromatic heterocycles. The fourth-order valence-electron chi connectivity index (χ4n) is 4.96. The Bertz CT molecular complexity index is 1220. The lowest BCUT2D eigenvalue weighted by Gasteiger charge is -2.29. The lowest BCUT2D eigenvalue weighted by Crippen LogP contribution is -2.45. The molecule has 5 nitrogen and oxygen atoms in total. The minimum absolute atomic E-state index is 0.113. The Morgan fingerprint density at radius 2 is 1.55 bits per heavy atom. The van der Waals surface area contributed by atoms with Crippen LogP contribution >= 0.6 is 0 Å². The zero-order valence-electron chi connectivity index (χ0n) is 22.3. The summed E-state index contributed by atoms with van der Waals surface area (Å²) in [5.41, 5.74) is 4.76. The van der Waals surface area contributed by atoms with Gasteiger partial charge >= 0.3 is 12.0 Å². The molecule has 0 bridgehead atoms. The van der Waals surface area contributed by atoms with Gasteiger partial charge in [0.05, 0.1) is 19.2 Å². The summed E-state index contributed by atoms with van der Waals surface area (Å²) in [5, 5.41) is 3.15. The summed E-state index contributed by atoms with van der Waals surface area (Å²) in [6, 6.07) is 20.8. The van der Waals surface area contributed by atoms with Crippen LogP contribution in [0.25, 0.3) is 11.1 Å². The van der Waals surface area contributed by atoms with E-state index >= 15 is 0 Å². The van der Waals surface area contributed by atoms with Crippen molar-refractivity contribution in [3.8, 4) is 11.1 Å². The molecule has 0 atom stereocenters. The molecule has 0 spiro atoms. The molecule has 0 unspecified atom stereocenters. The summed E-state index contributed by atoms with van der Waals surface area (Å²) in [4.78, 5) is 27.1. The van der Waals surface area contributed by atoms with E-state index in [2.05, 4.69) is 48.6 Å². The van der Waals surface area contributed by atoms with Crippen molar-refractivity contribution in [2.24, 2.45) is 0 Å². The van der Waals surface area contributed by atoms with Gasteiger partial charge in [-0.05, 0) is 66.1 Å². The van der Waals surface area contributed by atoms with E-state index in [-0.39, 0.29) is 24.2 Å². The smallest absolute Gasteiger partial charge is 0.340 e. The second kappa shape index (κ2) is 13.2. The van der Waals surface area contributed by atoms with Gasteiger partial charge in [-0.1, -0.05) is 81.1 Å². The van der Waals surface area contributed by atoms with Gasteiger partial charge in [-0.2, -0.15) is 0 Å². The number of nitrogens with zero attached hydrogens (tertiary/aromatic N) is 1. The van der Waals surface area contributed by atoms with Crippen LogP contribution in [0.3, 0.4) is 0 Å². The summed E-state index contributed by atoms with van der Waals surface area (Å²) >= 11 is 0. The van der Waals surface area contributed by atoms with Gasteiger partial charge in [0.1, 0.15) is 5.82 Å². The number of methoxy groups -OCH3 is 1. The number of amides is 2. The Kier molecular flexibility index (Phi) is 9.52. The lowest BCUT2D eigenvalue weighted by molar-refractivity contribution is 0.0595. The van der Waals surface area contributed by atoms with E-state index < -0.39 is 11.8 Å². The van der Waals surface area contributed by atoms with Crippen molar-refractivity contribution in [2.45, 2.75) is 70.9 Å². The zero-order chi connectivity index (χ0) is 26.9. The molecular formula is C32H37FN2O3. The van der Waals surface area contributed by atoms with Gasteiger partial charge in [-0.15, -0.1) is 0 Å². The number of esters is 1. The molecule has 0 radical (unpaired) electrons. The Labute approximate surface area is 225 Å². The second-order valence-electron chi connectivity index (χ2n) is 10.0. The summed E-state index contributed by atoms with van der Waals surface area (Å²) in [6.45, 7) is 2.48. The molecule has 1 fully saturated rings. The summed E-state index contributed by atoms with van der Waals surface area (Å²) in [5.74, 6) is -1.46. The first-order chi connectivity index (χ1) is 18.5. The van der Waals surface area contributed by atoms with Crippen molar-refractivity contribution in [3.05, 3.63) is 89.2 Å². The van der Waals surface area contributed by atoms with Crippen LogP contribution in [0.1, 0.15) is 73.4 Å². The highest BCUT2D eigenvalue weighted by atomic mass is 19.1. The number of carbonyl (C=O) groups is 2. The van der Waals surface area contributed by atoms with Gasteiger partial charge in [-0.25, -0.2) is 14.0 Å². The molecule has 3 aromatic carbocycles. The highest BCUT2D eigenvalue weighted by Crippen LogP contribution is 2.26. The monoisotopic (exact) mass is 516 g/mol. The number of rotatable bonds is 9. The molecule has 2 amide bonds. The van der Waals surface area contributed by atoms with E-state index in [1.54, 1.807) is 4.90 Å². The van der Waals surface area contributed by atoms with Gasteiger partial charge in [0, 0.05) is 11.7 Å². The molecule has 0 aliphatic heterocycles. The van der Waals surface area contributed by atoms with Crippen LogP contribution in [0, 0.1) is 5.82 Å². The largest absolute Gasteiger partial charge is 0.465 e. The van der Waals surface area contributed by atoms with Crippen molar-refractivity contribution in [1.82, 2.24) is 5.32 Å². The first kappa shape index (κ1) is 27.4. The predicted molar refractivity (Wildman–Crippen MR) is 150 cm³/mol. The average molecular weight is 517 g/mol. The number of anilines is 1. The molecule has 1 aliphatic carbocycles. The SMILES string of the molecule is CCCCc1ccc(-c2ccc(CN(C(=O)NC3CCCCC3)c3ccc(F)c(C(=O)OC)c3)cc2)cc1. The van der Waals surface area contributed by atoms with E-state index in [1.807, 2.05) is 12.1 Å². The molecule has 0 saturated heterocycles. The molecule has 1 N–H and O–H groups in total. The number of hydrogen-bond acceptors (Lipinski definition) is 3. The number of urea groups is 1. The predicted octanol–water partition coefficient (Wildman–Crippen LogP) is 7.67. The molecule has 4 rings (SSSR count). The molecule has 3 aromatic rings. The Morgan fingerprint density at radius 3 is 2.16 bits per heavy atom. The van der Waals surface area contributed by atoms with Gasteiger partial charge < -0.3 is 10.1 Å². The lowest BCUT2D eigenvalue weighted by atomic mass is 9.96. The van der Waals surface area contributed by atoms with Gasteiger partial charge in [0.15, 0.2) is 0 Å². The maximum absolute atomic E-state index is 14.3. The number of unbranched alkanes of at least 4 members (excludes halogenated alkanes) is 1. The van der Waals surface area contributed by atoms with E-state index in [0.29, 0.717) is 5.69 Å². The van der Waals surface area contributed by atoms with Crippen LogP contribution in [-0.4, -0.2) is 25.2 Å². The highest BCUT2D eigenvalue weighted by Gasteiger charge is 2.23. The summed E-state index contributed by atoms with van der Waals surface area (Å²) in [7, 11) is 1.21. The van der Waals surface area contributed by atoms with Crippen molar-refractivity contribution >= 4 is 17.7 Å². The molecule has 200 valence electrons. The molecule has 1 aliphatic rings. The zero-order valence-corrected chi connectivity index (χ0v) is 22.3. The maximum Gasteiger partial charge on any atom is 0.340 e. The Balaban J connectivity index is 1.56. The normalized spacial score (nSPS) is 13.7. The summed E-state index contributed by atoms with van der Waals surface area (Å²) < 4.78 is 19.1. The standard InChI is InChI=1S/C32H37FN2O3/c1-3-4-8-23-11-15-25(16-12-23)26-17-13-24(14-18-26)22-35(32(37)34-27-9-6-5-7-10-27)28-19-20-30(33)29(21-28)31(36)38-2/h11-21,27H,3-10,22H2,1-2H3,(H,34,37). The van der Waals surface area contributed by atoms with Gasteiger partial charge in [0.25, 0.3) is 0 Å². The number of benzene rings is 3. The third kappa shape index (κ3) is 7.00. The Hall–Kier alpha value is -3.67. The molecular weight excluding hydrogens is 479 g/mol. The van der Waals surface area contributed by atoms with Crippen LogP contribution in [0.4, 0.5) is 14.9 Å². The number of halogens is 1. The number of aryl methyl sites for hydroxylation is 1. The van der Waals surface area contributed by atoms with Gasteiger partial charge in [0.2, 0.25) is 0 Å². The number of ether oxygens (including phenoxy) is 1. The molecule has 0 heterocycles. The molecule has 6 heteroatoms. The highest BCUT2D eigenvalue weighted by molar-refractivity contribution is 5.95. The van der Waals surface area contributed by atoms with Crippen LogP contribution < -0.4 is 10.2 Å². The number of carbonyl (C=O) groups excluding carboxylic acids is 2. The summed E-state index contributed by atoms with van der Waals surface area (Å²) in [6.07, 6.45) is 8.73. The number of nitrogens with one attached hydrogen (secondary N) is 1. The van der Waals surface area contributed by atoms with Gasteiger partial charge in [-0.3, -0.25) is 4.90 Å².